The number of pyridine rings is 2. The SMILES string of the molecule is O=C(O)C1CCN(C(c2cccnc2)c2ccnc3ccccc23)CC1. The summed E-state index contributed by atoms with van der Waals surface area (Å²) in [6, 6.07) is 14.3. The fourth-order valence-corrected chi connectivity index (χ4v) is 3.89. The summed E-state index contributed by atoms with van der Waals surface area (Å²) < 4.78 is 0. The number of hydrogen-bond donors (Lipinski definition) is 1. The van der Waals surface area contributed by atoms with Gasteiger partial charge in [-0.15, -0.1) is 0 Å². The summed E-state index contributed by atoms with van der Waals surface area (Å²) in [5.74, 6) is -0.924. The number of carboxylic acids is 1. The van der Waals surface area contributed by atoms with Crippen molar-refractivity contribution in [2.45, 2.75) is 18.9 Å². The van der Waals surface area contributed by atoms with E-state index in [1.54, 1.807) is 6.20 Å². The van der Waals surface area contributed by atoms with E-state index in [9.17, 15) is 9.90 Å². The Morgan fingerprint density at radius 3 is 2.62 bits per heavy atom. The molecule has 0 radical (unpaired) electrons. The molecule has 132 valence electrons. The van der Waals surface area contributed by atoms with Crippen LogP contribution in [0, 0.1) is 5.92 Å². The van der Waals surface area contributed by atoms with Crippen molar-refractivity contribution >= 4 is 16.9 Å². The number of likely N-dealkylation sites (tertiary alicyclic amines) is 1. The highest BCUT2D eigenvalue weighted by molar-refractivity contribution is 5.82. The third-order valence-corrected chi connectivity index (χ3v) is 5.22. The molecule has 0 bridgehead atoms. The molecule has 4 rings (SSSR count). The maximum absolute atomic E-state index is 11.3. The highest BCUT2D eigenvalue weighted by Crippen LogP contribution is 2.35. The molecule has 3 aromatic rings. The second-order valence-electron chi connectivity index (χ2n) is 6.75. The number of aliphatic carboxylic acids is 1. The van der Waals surface area contributed by atoms with Crippen LogP contribution in [0.1, 0.15) is 30.0 Å². The highest BCUT2D eigenvalue weighted by Gasteiger charge is 2.31. The van der Waals surface area contributed by atoms with Gasteiger partial charge >= 0.3 is 5.97 Å². The first-order valence-electron chi connectivity index (χ1n) is 8.94. The molecule has 1 aliphatic heterocycles. The molecule has 1 unspecified atom stereocenters. The summed E-state index contributed by atoms with van der Waals surface area (Å²) in [4.78, 5) is 22.5. The summed E-state index contributed by atoms with van der Waals surface area (Å²) in [7, 11) is 0. The quantitative estimate of drug-likeness (QED) is 0.782. The molecule has 1 aromatic carbocycles. The second kappa shape index (κ2) is 7.22. The average molecular weight is 347 g/mol. The lowest BCUT2D eigenvalue weighted by Gasteiger charge is -2.37. The number of nitrogens with zero attached hydrogens (tertiary/aromatic N) is 3. The van der Waals surface area contributed by atoms with Crippen molar-refractivity contribution in [1.82, 2.24) is 14.9 Å². The fourth-order valence-electron chi connectivity index (χ4n) is 3.89. The minimum absolute atomic E-state index is 0.0475. The van der Waals surface area contributed by atoms with Crippen LogP contribution >= 0.6 is 0 Å². The van der Waals surface area contributed by atoms with Gasteiger partial charge in [0, 0.05) is 24.0 Å². The smallest absolute Gasteiger partial charge is 0.306 e. The molecule has 0 saturated carbocycles. The Balaban J connectivity index is 1.76. The zero-order valence-corrected chi connectivity index (χ0v) is 14.5. The van der Waals surface area contributed by atoms with Crippen LogP contribution in [-0.2, 0) is 4.79 Å². The number of carboxylic acid groups (broad SMARTS) is 1. The number of rotatable bonds is 4. The van der Waals surface area contributed by atoms with E-state index in [1.807, 2.05) is 36.7 Å². The topological polar surface area (TPSA) is 66.3 Å². The van der Waals surface area contributed by atoms with E-state index in [0.717, 1.165) is 29.6 Å². The number of benzene rings is 1. The summed E-state index contributed by atoms with van der Waals surface area (Å²) in [6.07, 6.45) is 6.89. The van der Waals surface area contributed by atoms with Crippen molar-refractivity contribution in [2.75, 3.05) is 13.1 Å². The highest BCUT2D eigenvalue weighted by atomic mass is 16.4. The van der Waals surface area contributed by atoms with E-state index >= 15 is 0 Å². The van der Waals surface area contributed by atoms with E-state index in [1.165, 1.54) is 5.56 Å². The van der Waals surface area contributed by atoms with Gasteiger partial charge in [0.1, 0.15) is 0 Å². The van der Waals surface area contributed by atoms with Crippen molar-refractivity contribution in [3.05, 3.63) is 72.2 Å². The van der Waals surface area contributed by atoms with E-state index in [0.29, 0.717) is 12.8 Å². The lowest BCUT2D eigenvalue weighted by atomic mass is 9.90. The number of fused-ring (bicyclic) bond motifs is 1. The third kappa shape index (κ3) is 3.18. The predicted octanol–water partition coefficient (Wildman–Crippen LogP) is 3.52. The predicted molar refractivity (Wildman–Crippen MR) is 99.8 cm³/mol. The molecule has 1 fully saturated rings. The molecule has 1 aliphatic rings. The Morgan fingerprint density at radius 1 is 1.08 bits per heavy atom. The van der Waals surface area contributed by atoms with E-state index in [-0.39, 0.29) is 12.0 Å². The molecule has 1 N–H and O–H groups in total. The number of para-hydroxylation sites is 1. The molecular formula is C21H21N3O2. The zero-order chi connectivity index (χ0) is 17.9. The molecule has 5 heteroatoms. The first-order valence-corrected chi connectivity index (χ1v) is 8.94. The molecule has 0 spiro atoms. The van der Waals surface area contributed by atoms with Gasteiger partial charge in [0.25, 0.3) is 0 Å². The van der Waals surface area contributed by atoms with Crippen LogP contribution in [0.3, 0.4) is 0 Å². The van der Waals surface area contributed by atoms with Crippen molar-refractivity contribution in [3.63, 3.8) is 0 Å². The largest absolute Gasteiger partial charge is 0.481 e. The Hall–Kier alpha value is -2.79. The Kier molecular flexibility index (Phi) is 4.63. The number of hydrogen-bond acceptors (Lipinski definition) is 4. The van der Waals surface area contributed by atoms with Gasteiger partial charge in [-0.1, -0.05) is 24.3 Å². The van der Waals surface area contributed by atoms with Gasteiger partial charge in [-0.25, -0.2) is 0 Å². The van der Waals surface area contributed by atoms with Gasteiger partial charge in [-0.3, -0.25) is 19.7 Å². The molecule has 1 saturated heterocycles. The van der Waals surface area contributed by atoms with Crippen molar-refractivity contribution in [2.24, 2.45) is 5.92 Å². The van der Waals surface area contributed by atoms with Gasteiger partial charge < -0.3 is 5.11 Å². The maximum Gasteiger partial charge on any atom is 0.306 e. The molecule has 0 aliphatic carbocycles. The minimum Gasteiger partial charge on any atom is -0.481 e. The Labute approximate surface area is 152 Å². The molecule has 1 atom stereocenters. The standard InChI is InChI=1S/C21H21N3O2/c25-21(26)15-8-12-24(13-9-15)20(16-4-3-10-22-14-16)18-7-11-23-19-6-2-1-5-17(18)19/h1-7,10-11,14-15,20H,8-9,12-13H2,(H,25,26). The summed E-state index contributed by atoms with van der Waals surface area (Å²) in [6.45, 7) is 1.51. The normalized spacial score (nSPS) is 17.2. The maximum atomic E-state index is 11.3. The fraction of sp³-hybridized carbons (Fsp3) is 0.286. The number of carbonyl (C=O) groups is 1. The van der Waals surface area contributed by atoms with Gasteiger partial charge in [-0.05, 0) is 55.3 Å². The molecule has 5 nitrogen and oxygen atoms in total. The summed E-state index contributed by atoms with van der Waals surface area (Å²) >= 11 is 0. The van der Waals surface area contributed by atoms with Crippen molar-refractivity contribution in [1.29, 1.82) is 0 Å². The average Bonchev–Trinajstić information content (AvgIpc) is 2.70. The summed E-state index contributed by atoms with van der Waals surface area (Å²) in [5, 5.41) is 10.4. The first-order chi connectivity index (χ1) is 12.7. The molecular weight excluding hydrogens is 326 g/mol. The Bertz CT molecular complexity index is 900. The van der Waals surface area contributed by atoms with Crippen LogP contribution in [0.15, 0.2) is 61.1 Å². The van der Waals surface area contributed by atoms with Crippen molar-refractivity contribution < 1.29 is 9.90 Å². The summed E-state index contributed by atoms with van der Waals surface area (Å²) in [5.41, 5.74) is 3.29. The van der Waals surface area contributed by atoms with Gasteiger partial charge in [0.05, 0.1) is 17.5 Å². The van der Waals surface area contributed by atoms with Crippen LogP contribution in [0.4, 0.5) is 0 Å². The lowest BCUT2D eigenvalue weighted by Crippen LogP contribution is -2.39. The molecule has 26 heavy (non-hydrogen) atoms. The number of piperidine rings is 1. The number of aromatic nitrogens is 2. The monoisotopic (exact) mass is 347 g/mol. The van der Waals surface area contributed by atoms with Crippen LogP contribution in [0.2, 0.25) is 0 Å². The van der Waals surface area contributed by atoms with Crippen LogP contribution < -0.4 is 0 Å². The van der Waals surface area contributed by atoms with Gasteiger partial charge in [-0.2, -0.15) is 0 Å². The second-order valence-corrected chi connectivity index (χ2v) is 6.75. The minimum atomic E-state index is -0.683. The third-order valence-electron chi connectivity index (χ3n) is 5.22. The molecule has 0 amide bonds. The van der Waals surface area contributed by atoms with Gasteiger partial charge in [0.15, 0.2) is 0 Å². The van der Waals surface area contributed by atoms with Crippen LogP contribution in [-0.4, -0.2) is 39.0 Å². The lowest BCUT2D eigenvalue weighted by molar-refractivity contribution is -0.143. The van der Waals surface area contributed by atoms with Crippen LogP contribution in [0.25, 0.3) is 10.9 Å². The van der Waals surface area contributed by atoms with E-state index < -0.39 is 5.97 Å². The Morgan fingerprint density at radius 2 is 1.88 bits per heavy atom. The molecule has 2 aromatic heterocycles. The van der Waals surface area contributed by atoms with Crippen molar-refractivity contribution in [3.8, 4) is 0 Å². The van der Waals surface area contributed by atoms with E-state index in [4.69, 9.17) is 0 Å². The van der Waals surface area contributed by atoms with E-state index in [2.05, 4.69) is 33.1 Å². The zero-order valence-electron chi connectivity index (χ0n) is 14.5. The molecule has 3 heterocycles. The van der Waals surface area contributed by atoms with Gasteiger partial charge in [0.2, 0.25) is 0 Å². The first kappa shape index (κ1) is 16.7. The van der Waals surface area contributed by atoms with Crippen LogP contribution in [0.5, 0.6) is 0 Å².